The monoisotopic (exact) mass is 132 g/mol. The van der Waals surface area contributed by atoms with Gasteiger partial charge in [0.05, 0.1) is 0 Å². The van der Waals surface area contributed by atoms with Crippen LogP contribution in [0, 0.1) is 6.07 Å². The molecule has 1 nitrogen and oxygen atoms in total. The molecule has 2 N–H and O–H groups in total. The predicted octanol–water partition coefficient (Wildman–Crippen LogP) is 1.59. The fourth-order valence-electron chi connectivity index (χ4n) is 0.779. The Labute approximate surface area is 61.2 Å². The van der Waals surface area contributed by atoms with Gasteiger partial charge in [0, 0.05) is 6.54 Å². The van der Waals surface area contributed by atoms with Crippen molar-refractivity contribution in [1.29, 1.82) is 0 Å². The molecule has 10 heavy (non-hydrogen) atoms. The minimum atomic E-state index is 0.579. The van der Waals surface area contributed by atoms with Crippen molar-refractivity contribution in [1.82, 2.24) is 0 Å². The maximum atomic E-state index is 5.43. The van der Waals surface area contributed by atoms with Gasteiger partial charge in [-0.1, -0.05) is 24.8 Å². The lowest BCUT2D eigenvalue weighted by molar-refractivity contribution is 1.07. The average molecular weight is 132 g/mol. The molecule has 0 saturated carbocycles. The summed E-state index contributed by atoms with van der Waals surface area (Å²) in [7, 11) is 0. The molecule has 1 heteroatoms. The summed E-state index contributed by atoms with van der Waals surface area (Å²) in [6, 6.07) is 8.81. The largest absolute Gasteiger partial charge is 0.326 e. The lowest BCUT2D eigenvalue weighted by atomic mass is 10.1. The minimum absolute atomic E-state index is 0.579. The van der Waals surface area contributed by atoms with E-state index in [2.05, 4.69) is 12.6 Å². The van der Waals surface area contributed by atoms with Gasteiger partial charge in [0.2, 0.25) is 0 Å². The molecule has 1 aromatic carbocycles. The molecule has 0 atom stereocenters. The van der Waals surface area contributed by atoms with Crippen molar-refractivity contribution in [3.63, 3.8) is 0 Å². The molecular formula is C9H10N. The fraction of sp³-hybridized carbons (Fsp3) is 0.111. The molecule has 0 fully saturated rings. The molecule has 1 aromatic rings. The average Bonchev–Trinajstić information content (AvgIpc) is 2.05. The van der Waals surface area contributed by atoms with Crippen molar-refractivity contribution in [3.05, 3.63) is 42.0 Å². The summed E-state index contributed by atoms with van der Waals surface area (Å²) < 4.78 is 0. The molecule has 0 unspecified atom stereocenters. The molecule has 51 valence electrons. The van der Waals surface area contributed by atoms with E-state index in [1.807, 2.05) is 18.2 Å². The molecule has 0 amide bonds. The van der Waals surface area contributed by atoms with Crippen molar-refractivity contribution in [3.8, 4) is 0 Å². The van der Waals surface area contributed by atoms with Crippen LogP contribution < -0.4 is 5.73 Å². The summed E-state index contributed by atoms with van der Waals surface area (Å²) in [6.45, 7) is 4.21. The van der Waals surface area contributed by atoms with Crippen LogP contribution in [-0.4, -0.2) is 0 Å². The van der Waals surface area contributed by atoms with E-state index in [4.69, 9.17) is 5.73 Å². The van der Waals surface area contributed by atoms with Gasteiger partial charge >= 0.3 is 0 Å². The smallest absolute Gasteiger partial charge is 0.0178 e. The molecule has 0 aromatic heterocycles. The van der Waals surface area contributed by atoms with Gasteiger partial charge in [-0.2, -0.15) is 0 Å². The second kappa shape index (κ2) is 3.18. The van der Waals surface area contributed by atoms with E-state index >= 15 is 0 Å². The molecule has 0 aliphatic carbocycles. The van der Waals surface area contributed by atoms with Crippen molar-refractivity contribution < 1.29 is 0 Å². The molecule has 0 spiro atoms. The van der Waals surface area contributed by atoms with E-state index in [1.165, 1.54) is 0 Å². The fourth-order valence-corrected chi connectivity index (χ4v) is 0.779. The SMILES string of the molecule is C=Cc1[c]ccc(CN)c1. The van der Waals surface area contributed by atoms with E-state index in [0.717, 1.165) is 11.1 Å². The van der Waals surface area contributed by atoms with Crippen LogP contribution >= 0.6 is 0 Å². The molecule has 0 heterocycles. The van der Waals surface area contributed by atoms with Crippen LogP contribution in [0.3, 0.4) is 0 Å². The molecule has 0 aliphatic rings. The topological polar surface area (TPSA) is 26.0 Å². The summed E-state index contributed by atoms with van der Waals surface area (Å²) in [5.74, 6) is 0. The molecule has 1 rings (SSSR count). The van der Waals surface area contributed by atoms with E-state index in [-0.39, 0.29) is 0 Å². The lowest BCUT2D eigenvalue weighted by Gasteiger charge is -1.95. The highest BCUT2D eigenvalue weighted by molar-refractivity contribution is 5.47. The highest BCUT2D eigenvalue weighted by Crippen LogP contribution is 2.03. The summed E-state index contributed by atoms with van der Waals surface area (Å²) in [6.07, 6.45) is 1.76. The standard InChI is InChI=1S/C9H10N/c1-2-8-4-3-5-9(6-8)7-10/h2-3,5-6H,1,7,10H2. The highest BCUT2D eigenvalue weighted by atomic mass is 14.5. The van der Waals surface area contributed by atoms with E-state index in [9.17, 15) is 0 Å². The van der Waals surface area contributed by atoms with Crippen LogP contribution in [0.5, 0.6) is 0 Å². The Morgan fingerprint density at radius 3 is 3.10 bits per heavy atom. The van der Waals surface area contributed by atoms with Crippen molar-refractivity contribution in [2.24, 2.45) is 5.73 Å². The number of benzene rings is 1. The summed E-state index contributed by atoms with van der Waals surface area (Å²) in [4.78, 5) is 0. The molecule has 0 aliphatic heterocycles. The quantitative estimate of drug-likeness (QED) is 0.649. The second-order valence-corrected chi connectivity index (χ2v) is 2.06. The maximum absolute atomic E-state index is 5.43. The van der Waals surface area contributed by atoms with Crippen molar-refractivity contribution >= 4 is 6.08 Å². The third-order valence-electron chi connectivity index (χ3n) is 1.34. The number of hydrogen-bond donors (Lipinski definition) is 1. The summed E-state index contributed by atoms with van der Waals surface area (Å²) in [5.41, 5.74) is 7.55. The van der Waals surface area contributed by atoms with Crippen LogP contribution in [0.25, 0.3) is 6.08 Å². The Kier molecular flexibility index (Phi) is 2.24. The maximum Gasteiger partial charge on any atom is 0.0178 e. The Balaban J connectivity index is 2.98. The van der Waals surface area contributed by atoms with Gasteiger partial charge in [0.15, 0.2) is 0 Å². The van der Waals surface area contributed by atoms with Crippen LogP contribution in [-0.2, 0) is 6.54 Å². The predicted molar refractivity (Wildman–Crippen MR) is 43.3 cm³/mol. The zero-order chi connectivity index (χ0) is 7.40. The Morgan fingerprint density at radius 2 is 2.50 bits per heavy atom. The van der Waals surface area contributed by atoms with Gasteiger partial charge in [-0.25, -0.2) is 0 Å². The molecule has 0 bridgehead atoms. The normalized spacial score (nSPS) is 9.30. The first kappa shape index (κ1) is 7.03. The minimum Gasteiger partial charge on any atom is -0.326 e. The third-order valence-corrected chi connectivity index (χ3v) is 1.34. The Bertz CT molecular complexity index is 228. The van der Waals surface area contributed by atoms with Crippen LogP contribution in [0.2, 0.25) is 0 Å². The van der Waals surface area contributed by atoms with E-state index in [0.29, 0.717) is 6.54 Å². The number of nitrogens with two attached hydrogens (primary N) is 1. The summed E-state index contributed by atoms with van der Waals surface area (Å²) in [5, 5.41) is 0. The highest BCUT2D eigenvalue weighted by Gasteiger charge is 1.88. The van der Waals surface area contributed by atoms with E-state index < -0.39 is 0 Å². The van der Waals surface area contributed by atoms with Gasteiger partial charge in [0.25, 0.3) is 0 Å². The Hall–Kier alpha value is -1.08. The first-order chi connectivity index (χ1) is 4.86. The first-order valence-corrected chi connectivity index (χ1v) is 3.20. The molecular weight excluding hydrogens is 122 g/mol. The van der Waals surface area contributed by atoms with Gasteiger partial charge in [-0.15, -0.1) is 0 Å². The van der Waals surface area contributed by atoms with Gasteiger partial charge in [0.1, 0.15) is 0 Å². The van der Waals surface area contributed by atoms with Gasteiger partial charge < -0.3 is 5.73 Å². The zero-order valence-corrected chi connectivity index (χ0v) is 5.80. The lowest BCUT2D eigenvalue weighted by Crippen LogP contribution is -1.95. The van der Waals surface area contributed by atoms with Gasteiger partial charge in [-0.05, 0) is 23.3 Å². The van der Waals surface area contributed by atoms with Crippen LogP contribution in [0.15, 0.2) is 24.8 Å². The summed E-state index contributed by atoms with van der Waals surface area (Å²) >= 11 is 0. The Morgan fingerprint density at radius 1 is 1.70 bits per heavy atom. The second-order valence-electron chi connectivity index (χ2n) is 2.06. The number of hydrogen-bond acceptors (Lipinski definition) is 1. The van der Waals surface area contributed by atoms with E-state index in [1.54, 1.807) is 6.08 Å². The van der Waals surface area contributed by atoms with Crippen LogP contribution in [0.4, 0.5) is 0 Å². The van der Waals surface area contributed by atoms with Crippen molar-refractivity contribution in [2.75, 3.05) is 0 Å². The molecule has 1 radical (unpaired) electrons. The molecule has 0 saturated heterocycles. The first-order valence-electron chi connectivity index (χ1n) is 3.20. The number of rotatable bonds is 2. The van der Waals surface area contributed by atoms with Crippen LogP contribution in [0.1, 0.15) is 11.1 Å². The van der Waals surface area contributed by atoms with Crippen molar-refractivity contribution in [2.45, 2.75) is 6.54 Å². The third kappa shape index (κ3) is 1.45. The van der Waals surface area contributed by atoms with Gasteiger partial charge in [-0.3, -0.25) is 0 Å². The zero-order valence-electron chi connectivity index (χ0n) is 5.80.